The Labute approximate surface area is 142 Å². The van der Waals surface area contributed by atoms with Crippen LogP contribution in [0.2, 0.25) is 0 Å². The first kappa shape index (κ1) is 18.9. The average Bonchev–Trinajstić information content (AvgIpc) is 2.59. The summed E-state index contributed by atoms with van der Waals surface area (Å²) in [6.45, 7) is -3.00. The Morgan fingerprint density at radius 3 is 2.42 bits per heavy atom. The number of hydrogen-bond acceptors (Lipinski definition) is 1. The summed E-state index contributed by atoms with van der Waals surface area (Å²) in [5.74, 6) is 1.62. The van der Waals surface area contributed by atoms with Crippen LogP contribution in [0.3, 0.4) is 0 Å². The summed E-state index contributed by atoms with van der Waals surface area (Å²) in [6.07, 6.45) is 12.9. The van der Waals surface area contributed by atoms with Gasteiger partial charge in [0, 0.05) is 0 Å². The number of aryl methyl sites for hydroxylation is 1. The molecule has 1 saturated carbocycles. The van der Waals surface area contributed by atoms with E-state index < -0.39 is 6.61 Å². The van der Waals surface area contributed by atoms with Crippen LogP contribution >= 0.6 is 0 Å². The third kappa shape index (κ3) is 6.98. The molecule has 4 heteroatoms. The summed E-state index contributed by atoms with van der Waals surface area (Å²) in [5.41, 5.74) is 1.17. The first-order chi connectivity index (χ1) is 11.7. The van der Waals surface area contributed by atoms with Gasteiger partial charge in [0.2, 0.25) is 0 Å². The van der Waals surface area contributed by atoms with E-state index in [0.29, 0.717) is 12.3 Å². The van der Waals surface area contributed by atoms with Crippen LogP contribution in [0.1, 0.15) is 50.5 Å². The summed E-state index contributed by atoms with van der Waals surface area (Å²) >= 11 is 0. The molecule has 0 N–H and O–H groups in total. The van der Waals surface area contributed by atoms with Gasteiger partial charge in [0.15, 0.2) is 0 Å². The normalized spacial score (nSPS) is 21.5. The maximum absolute atomic E-state index is 12.1. The minimum absolute atomic E-state index is 0.216. The highest BCUT2D eigenvalue weighted by Gasteiger charge is 2.19. The Balaban J connectivity index is 1.66. The van der Waals surface area contributed by atoms with E-state index in [0.717, 1.165) is 25.2 Å². The maximum Gasteiger partial charge on any atom is 0.387 e. The van der Waals surface area contributed by atoms with Gasteiger partial charge in [-0.3, -0.25) is 4.39 Å². The van der Waals surface area contributed by atoms with Gasteiger partial charge < -0.3 is 4.74 Å². The fraction of sp³-hybridized carbons (Fsp3) is 0.600. The Bertz CT molecular complexity index is 476. The smallest absolute Gasteiger partial charge is 0.387 e. The van der Waals surface area contributed by atoms with E-state index in [4.69, 9.17) is 0 Å². The van der Waals surface area contributed by atoms with Gasteiger partial charge in [-0.1, -0.05) is 24.3 Å². The Morgan fingerprint density at radius 1 is 1.08 bits per heavy atom. The van der Waals surface area contributed by atoms with Crippen LogP contribution in [0.5, 0.6) is 5.75 Å². The van der Waals surface area contributed by atoms with Gasteiger partial charge in [-0.05, 0) is 80.9 Å². The number of halogens is 3. The summed E-state index contributed by atoms with van der Waals surface area (Å²) in [6, 6.07) is 6.97. The van der Waals surface area contributed by atoms with Crippen molar-refractivity contribution in [3.8, 4) is 5.75 Å². The van der Waals surface area contributed by atoms with E-state index >= 15 is 0 Å². The van der Waals surface area contributed by atoms with Crippen LogP contribution < -0.4 is 4.74 Å². The van der Waals surface area contributed by atoms with E-state index in [1.54, 1.807) is 12.1 Å². The monoisotopic (exact) mass is 340 g/mol. The molecule has 1 aliphatic rings. The molecule has 0 atom stereocenters. The lowest BCUT2D eigenvalue weighted by Gasteiger charge is -2.26. The molecule has 1 aromatic carbocycles. The van der Waals surface area contributed by atoms with Crippen molar-refractivity contribution in [3.63, 3.8) is 0 Å². The van der Waals surface area contributed by atoms with Gasteiger partial charge in [0.05, 0.1) is 6.67 Å². The van der Waals surface area contributed by atoms with Gasteiger partial charge in [-0.15, -0.1) is 0 Å². The van der Waals surface area contributed by atoms with Crippen LogP contribution in [-0.2, 0) is 6.42 Å². The first-order valence-corrected chi connectivity index (χ1v) is 8.93. The molecule has 0 amide bonds. The van der Waals surface area contributed by atoms with Crippen LogP contribution in [0.15, 0.2) is 36.4 Å². The van der Waals surface area contributed by atoms with Crippen molar-refractivity contribution >= 4 is 0 Å². The molecule has 0 saturated heterocycles. The maximum atomic E-state index is 12.1. The topological polar surface area (TPSA) is 9.23 Å². The van der Waals surface area contributed by atoms with Gasteiger partial charge >= 0.3 is 6.61 Å². The second-order valence-corrected chi connectivity index (χ2v) is 6.60. The van der Waals surface area contributed by atoms with E-state index in [1.165, 1.54) is 31.2 Å². The SMILES string of the molecule is FCCC/C=C/C1CCC(CCc2ccc(OC(F)F)cc2)CC1. The van der Waals surface area contributed by atoms with Crippen molar-refractivity contribution in [2.75, 3.05) is 6.67 Å². The van der Waals surface area contributed by atoms with Gasteiger partial charge in [-0.25, -0.2) is 0 Å². The number of unbranched alkanes of at least 4 members (excludes halogenated alkanes) is 1. The lowest BCUT2D eigenvalue weighted by Crippen LogP contribution is -2.13. The Morgan fingerprint density at radius 2 is 1.79 bits per heavy atom. The minimum atomic E-state index is -2.77. The molecule has 1 aliphatic carbocycles. The number of allylic oxidation sites excluding steroid dienone is 2. The first-order valence-electron chi connectivity index (χ1n) is 8.93. The molecule has 0 aromatic heterocycles. The second kappa shape index (κ2) is 10.4. The molecule has 2 rings (SSSR count). The highest BCUT2D eigenvalue weighted by Crippen LogP contribution is 2.32. The predicted octanol–water partition coefficient (Wildman–Crippen LogP) is 6.33. The zero-order chi connectivity index (χ0) is 17.2. The van der Waals surface area contributed by atoms with E-state index in [1.807, 2.05) is 12.1 Å². The predicted molar refractivity (Wildman–Crippen MR) is 91.2 cm³/mol. The molecular formula is C20H27F3O. The molecule has 134 valence electrons. The minimum Gasteiger partial charge on any atom is -0.435 e. The zero-order valence-corrected chi connectivity index (χ0v) is 14.1. The Hall–Kier alpha value is -1.45. The van der Waals surface area contributed by atoms with Crippen LogP contribution in [0.4, 0.5) is 13.2 Å². The summed E-state index contributed by atoms with van der Waals surface area (Å²) in [4.78, 5) is 0. The van der Waals surface area contributed by atoms with Crippen molar-refractivity contribution in [2.45, 2.75) is 58.0 Å². The van der Waals surface area contributed by atoms with E-state index in [9.17, 15) is 13.2 Å². The van der Waals surface area contributed by atoms with Crippen molar-refractivity contribution in [1.82, 2.24) is 0 Å². The van der Waals surface area contributed by atoms with Crippen molar-refractivity contribution < 1.29 is 17.9 Å². The molecule has 1 fully saturated rings. The molecule has 0 aliphatic heterocycles. The Kier molecular flexibility index (Phi) is 8.20. The third-order valence-electron chi connectivity index (χ3n) is 4.79. The van der Waals surface area contributed by atoms with E-state index in [-0.39, 0.29) is 12.4 Å². The van der Waals surface area contributed by atoms with Crippen LogP contribution in [0, 0.1) is 11.8 Å². The second-order valence-electron chi connectivity index (χ2n) is 6.60. The molecule has 0 spiro atoms. The molecule has 24 heavy (non-hydrogen) atoms. The molecule has 0 radical (unpaired) electrons. The van der Waals surface area contributed by atoms with Crippen molar-refractivity contribution in [1.29, 1.82) is 0 Å². The van der Waals surface area contributed by atoms with Gasteiger partial charge in [0.1, 0.15) is 5.75 Å². The third-order valence-corrected chi connectivity index (χ3v) is 4.79. The molecule has 1 nitrogen and oxygen atoms in total. The van der Waals surface area contributed by atoms with Gasteiger partial charge in [-0.2, -0.15) is 8.78 Å². The molecular weight excluding hydrogens is 313 g/mol. The number of rotatable bonds is 9. The number of alkyl halides is 3. The molecule has 0 unspecified atom stereocenters. The quantitative estimate of drug-likeness (QED) is 0.377. The number of ether oxygens (including phenoxy) is 1. The molecule has 0 heterocycles. The van der Waals surface area contributed by atoms with Crippen LogP contribution in [0.25, 0.3) is 0 Å². The fourth-order valence-electron chi connectivity index (χ4n) is 3.36. The summed E-state index contributed by atoms with van der Waals surface area (Å²) < 4.78 is 40.6. The zero-order valence-electron chi connectivity index (χ0n) is 14.1. The molecule has 1 aromatic rings. The fourth-order valence-corrected chi connectivity index (χ4v) is 3.36. The highest BCUT2D eigenvalue weighted by molar-refractivity contribution is 5.27. The average molecular weight is 340 g/mol. The number of hydrogen-bond donors (Lipinski definition) is 0. The summed E-state index contributed by atoms with van der Waals surface area (Å²) in [5, 5.41) is 0. The number of benzene rings is 1. The largest absolute Gasteiger partial charge is 0.435 e. The van der Waals surface area contributed by atoms with E-state index in [2.05, 4.69) is 16.9 Å². The van der Waals surface area contributed by atoms with Crippen LogP contribution in [-0.4, -0.2) is 13.3 Å². The highest BCUT2D eigenvalue weighted by atomic mass is 19.3. The molecule has 0 bridgehead atoms. The standard InChI is InChI=1S/C20H27F3O/c21-15-3-1-2-4-16-5-7-17(8-6-16)9-10-18-11-13-19(14-12-18)24-20(22)23/h2,4,11-14,16-17,20H,1,3,5-10,15H2/b4-2+. The lowest BCUT2D eigenvalue weighted by atomic mass is 9.79. The summed E-state index contributed by atoms with van der Waals surface area (Å²) in [7, 11) is 0. The lowest BCUT2D eigenvalue weighted by molar-refractivity contribution is -0.0498. The van der Waals surface area contributed by atoms with Crippen molar-refractivity contribution in [3.05, 3.63) is 42.0 Å². The van der Waals surface area contributed by atoms with Gasteiger partial charge in [0.25, 0.3) is 0 Å². The van der Waals surface area contributed by atoms with Crippen molar-refractivity contribution in [2.24, 2.45) is 11.8 Å².